The molecule has 9 heteroatoms. The molecule has 0 aliphatic carbocycles. The smallest absolute Gasteiger partial charge is 0.303 e. The first-order valence-corrected chi connectivity index (χ1v) is 15.2. The lowest BCUT2D eigenvalue weighted by Crippen LogP contribution is -2.47. The Labute approximate surface area is 251 Å². The number of fused-ring (bicyclic) bond motifs is 1. The molecule has 3 aromatic carbocycles. The van der Waals surface area contributed by atoms with Crippen molar-refractivity contribution in [3.63, 3.8) is 0 Å². The molecule has 7 nitrogen and oxygen atoms in total. The summed E-state index contributed by atoms with van der Waals surface area (Å²) in [6.07, 6.45) is -0.182. The van der Waals surface area contributed by atoms with Crippen LogP contribution in [-0.4, -0.2) is 69.3 Å². The Morgan fingerprint density at radius 2 is 1.68 bits per heavy atom. The SMILES string of the molecule is COc1ccc([C@@H]2Sc3cc(Cl)ccc3N(CCCN3CCN(c4ccc(C)cc4)CC3)C(=O)[C@@H]2OC(C)=O)cc1. The second-order valence-corrected chi connectivity index (χ2v) is 12.1. The first-order chi connectivity index (χ1) is 19.8. The zero-order valence-corrected chi connectivity index (χ0v) is 25.3. The van der Waals surface area contributed by atoms with Gasteiger partial charge in [0, 0.05) is 55.3 Å². The highest BCUT2D eigenvalue weighted by Gasteiger charge is 2.41. The molecule has 1 fully saturated rings. The summed E-state index contributed by atoms with van der Waals surface area (Å²) in [5.41, 5.74) is 4.20. The zero-order valence-electron chi connectivity index (χ0n) is 23.7. The maximum absolute atomic E-state index is 14.1. The quantitative estimate of drug-likeness (QED) is 0.298. The van der Waals surface area contributed by atoms with Gasteiger partial charge in [0.15, 0.2) is 6.10 Å². The van der Waals surface area contributed by atoms with Gasteiger partial charge in [0.1, 0.15) is 5.75 Å². The lowest BCUT2D eigenvalue weighted by Gasteiger charge is -2.36. The number of carbonyl (C=O) groups is 2. The molecule has 0 aromatic heterocycles. The van der Waals surface area contributed by atoms with Crippen LogP contribution in [0.1, 0.15) is 29.7 Å². The largest absolute Gasteiger partial charge is 0.497 e. The van der Waals surface area contributed by atoms with Crippen LogP contribution in [0.5, 0.6) is 5.75 Å². The first-order valence-electron chi connectivity index (χ1n) is 13.9. The number of rotatable bonds is 8. The zero-order chi connectivity index (χ0) is 28.9. The van der Waals surface area contributed by atoms with Gasteiger partial charge in [0.05, 0.1) is 18.0 Å². The fourth-order valence-electron chi connectivity index (χ4n) is 5.40. The summed E-state index contributed by atoms with van der Waals surface area (Å²) < 4.78 is 11.0. The molecule has 0 radical (unpaired) electrons. The van der Waals surface area contributed by atoms with E-state index < -0.39 is 17.3 Å². The summed E-state index contributed by atoms with van der Waals surface area (Å²) in [4.78, 5) is 33.8. The van der Waals surface area contributed by atoms with Crippen molar-refractivity contribution in [3.8, 4) is 5.75 Å². The van der Waals surface area contributed by atoms with Crippen molar-refractivity contribution in [3.05, 3.63) is 82.9 Å². The van der Waals surface area contributed by atoms with Gasteiger partial charge in [0.2, 0.25) is 0 Å². The van der Waals surface area contributed by atoms with Gasteiger partial charge in [0.25, 0.3) is 5.91 Å². The van der Waals surface area contributed by atoms with Gasteiger partial charge in [-0.1, -0.05) is 41.4 Å². The Hall–Kier alpha value is -3.20. The van der Waals surface area contributed by atoms with Crippen LogP contribution in [0, 0.1) is 6.92 Å². The first kappa shape index (κ1) is 29.3. The van der Waals surface area contributed by atoms with Crippen LogP contribution in [0.2, 0.25) is 5.02 Å². The third-order valence-corrected chi connectivity index (χ3v) is 9.21. The molecule has 2 heterocycles. The highest BCUT2D eigenvalue weighted by Crippen LogP contribution is 2.47. The minimum absolute atomic E-state index is 0.223. The molecular formula is C32H36ClN3O4S. The van der Waals surface area contributed by atoms with Crippen LogP contribution in [0.25, 0.3) is 0 Å². The number of hydrogen-bond acceptors (Lipinski definition) is 7. The number of amides is 1. The van der Waals surface area contributed by atoms with Gasteiger partial charge in [-0.2, -0.15) is 0 Å². The predicted molar refractivity (Wildman–Crippen MR) is 165 cm³/mol. The summed E-state index contributed by atoms with van der Waals surface area (Å²) in [6.45, 7) is 8.73. The Morgan fingerprint density at radius 3 is 2.34 bits per heavy atom. The molecule has 41 heavy (non-hydrogen) atoms. The molecule has 0 N–H and O–H groups in total. The van der Waals surface area contributed by atoms with Gasteiger partial charge < -0.3 is 19.3 Å². The van der Waals surface area contributed by atoms with E-state index in [0.29, 0.717) is 17.3 Å². The second kappa shape index (κ2) is 13.2. The maximum atomic E-state index is 14.1. The number of ether oxygens (including phenoxy) is 2. The number of aryl methyl sites for hydroxylation is 1. The average molecular weight is 594 g/mol. The van der Waals surface area contributed by atoms with Crippen LogP contribution in [0.4, 0.5) is 11.4 Å². The van der Waals surface area contributed by atoms with Gasteiger partial charge in [-0.15, -0.1) is 11.8 Å². The highest BCUT2D eigenvalue weighted by atomic mass is 35.5. The van der Waals surface area contributed by atoms with Crippen molar-refractivity contribution in [2.45, 2.75) is 36.5 Å². The summed E-state index contributed by atoms with van der Waals surface area (Å²) in [5.74, 6) is 0.00383. The third kappa shape index (κ3) is 7.00. The molecule has 1 saturated heterocycles. The van der Waals surface area contributed by atoms with Crippen LogP contribution >= 0.6 is 23.4 Å². The van der Waals surface area contributed by atoms with Gasteiger partial charge in [-0.25, -0.2) is 0 Å². The molecule has 2 aliphatic rings. The van der Waals surface area contributed by atoms with Gasteiger partial charge in [-0.3, -0.25) is 14.5 Å². The Balaban J connectivity index is 1.31. The van der Waals surface area contributed by atoms with E-state index in [0.717, 1.165) is 55.3 Å². The summed E-state index contributed by atoms with van der Waals surface area (Å²) >= 11 is 7.90. The number of hydrogen-bond donors (Lipinski definition) is 0. The monoisotopic (exact) mass is 593 g/mol. The van der Waals surface area contributed by atoms with E-state index in [4.69, 9.17) is 21.1 Å². The number of methoxy groups -OCH3 is 1. The maximum Gasteiger partial charge on any atom is 0.303 e. The highest BCUT2D eigenvalue weighted by molar-refractivity contribution is 7.99. The molecule has 0 bridgehead atoms. The molecule has 2 aliphatic heterocycles. The number of carbonyl (C=O) groups excluding carboxylic acids is 2. The van der Waals surface area contributed by atoms with E-state index in [1.54, 1.807) is 18.1 Å². The lowest BCUT2D eigenvalue weighted by atomic mass is 10.1. The van der Waals surface area contributed by atoms with E-state index in [1.165, 1.54) is 29.9 Å². The second-order valence-electron chi connectivity index (χ2n) is 10.5. The third-order valence-electron chi connectivity index (χ3n) is 7.62. The summed E-state index contributed by atoms with van der Waals surface area (Å²) in [6, 6.07) is 21.8. The van der Waals surface area contributed by atoms with E-state index >= 15 is 0 Å². The minimum Gasteiger partial charge on any atom is -0.497 e. The van der Waals surface area contributed by atoms with Crippen molar-refractivity contribution in [2.75, 3.05) is 56.2 Å². The number of thioether (sulfide) groups is 1. The molecule has 0 unspecified atom stereocenters. The van der Waals surface area contributed by atoms with Crippen molar-refractivity contribution in [1.29, 1.82) is 0 Å². The van der Waals surface area contributed by atoms with Crippen molar-refractivity contribution < 1.29 is 19.1 Å². The molecule has 3 aromatic rings. The molecule has 2 atom stereocenters. The van der Waals surface area contributed by atoms with E-state index in [2.05, 4.69) is 41.0 Å². The van der Waals surface area contributed by atoms with Gasteiger partial charge >= 0.3 is 5.97 Å². The molecule has 216 valence electrons. The van der Waals surface area contributed by atoms with Crippen molar-refractivity contribution in [2.24, 2.45) is 0 Å². The van der Waals surface area contributed by atoms with Crippen LogP contribution < -0.4 is 14.5 Å². The van der Waals surface area contributed by atoms with Crippen molar-refractivity contribution >= 4 is 46.6 Å². The number of benzene rings is 3. The number of anilines is 2. The lowest BCUT2D eigenvalue weighted by molar-refractivity contribution is -0.152. The Bertz CT molecular complexity index is 1360. The number of halogens is 1. The minimum atomic E-state index is -0.977. The normalized spacial score (nSPS) is 19.5. The van der Waals surface area contributed by atoms with Crippen LogP contribution in [-0.2, 0) is 14.3 Å². The molecule has 0 spiro atoms. The van der Waals surface area contributed by atoms with Crippen molar-refractivity contribution in [1.82, 2.24) is 4.90 Å². The summed E-state index contributed by atoms with van der Waals surface area (Å²) in [7, 11) is 1.61. The fourth-order valence-corrected chi connectivity index (χ4v) is 6.99. The number of nitrogens with zero attached hydrogens (tertiary/aromatic N) is 3. The van der Waals surface area contributed by atoms with Gasteiger partial charge in [-0.05, 0) is 67.9 Å². The molecule has 0 saturated carbocycles. The Kier molecular flexibility index (Phi) is 9.42. The van der Waals surface area contributed by atoms with E-state index in [-0.39, 0.29) is 5.91 Å². The molecular weight excluding hydrogens is 558 g/mol. The van der Waals surface area contributed by atoms with Crippen LogP contribution in [0.15, 0.2) is 71.6 Å². The van der Waals surface area contributed by atoms with E-state index in [1.807, 2.05) is 36.4 Å². The molecule has 5 rings (SSSR count). The topological polar surface area (TPSA) is 62.3 Å². The number of piperazine rings is 1. The average Bonchev–Trinajstić information content (AvgIpc) is 3.08. The summed E-state index contributed by atoms with van der Waals surface area (Å²) in [5, 5.41) is 0.156. The Morgan fingerprint density at radius 1 is 0.976 bits per heavy atom. The molecule has 1 amide bonds. The standard InChI is InChI=1S/C32H36ClN3O4S/c1-22-5-10-26(11-6-22)35-19-17-34(18-20-35)15-4-16-36-28-14-9-25(33)21-29(28)41-31(30(32(36)38)40-23(2)37)24-7-12-27(39-3)13-8-24/h5-14,21,30-31H,4,15-20H2,1-3H3/t30-,31+/m1/s1. The number of esters is 1. The fraction of sp³-hybridized carbons (Fsp3) is 0.375. The predicted octanol–water partition coefficient (Wildman–Crippen LogP) is 5.98. The van der Waals surface area contributed by atoms with Crippen LogP contribution in [0.3, 0.4) is 0 Å². The van der Waals surface area contributed by atoms with E-state index in [9.17, 15) is 9.59 Å².